The average molecular weight is 346 g/mol. The molecule has 1 fully saturated rings. The van der Waals surface area contributed by atoms with E-state index in [-0.39, 0.29) is 24.3 Å². The molecule has 1 aromatic carbocycles. The standard InChI is InChI=1S/C18H26N4O3/c1-3-7-19-18(25)15-5-4-6-16(12-15)20-13-17(24)22-10-8-21(9-11-22)14(2)23/h4-6,12,20H,3,7-11,13H2,1-2H3,(H,19,25). The van der Waals surface area contributed by atoms with Crippen molar-refractivity contribution in [1.29, 1.82) is 0 Å². The Bertz CT molecular complexity index is 625. The van der Waals surface area contributed by atoms with Crippen molar-refractivity contribution in [1.82, 2.24) is 15.1 Å². The van der Waals surface area contributed by atoms with Gasteiger partial charge in [0.25, 0.3) is 5.91 Å². The molecule has 1 saturated heterocycles. The number of nitrogens with zero attached hydrogens (tertiary/aromatic N) is 2. The number of hydrogen-bond acceptors (Lipinski definition) is 4. The topological polar surface area (TPSA) is 81.8 Å². The molecule has 1 aliphatic heterocycles. The average Bonchev–Trinajstić information content (AvgIpc) is 2.64. The van der Waals surface area contributed by atoms with Gasteiger partial charge in [0.1, 0.15) is 0 Å². The number of rotatable bonds is 6. The molecule has 0 spiro atoms. The Labute approximate surface area is 148 Å². The third kappa shape index (κ3) is 5.48. The second-order valence-corrected chi connectivity index (χ2v) is 6.08. The van der Waals surface area contributed by atoms with Gasteiger partial charge >= 0.3 is 0 Å². The van der Waals surface area contributed by atoms with E-state index >= 15 is 0 Å². The van der Waals surface area contributed by atoms with Gasteiger partial charge in [-0.05, 0) is 24.6 Å². The number of nitrogens with one attached hydrogen (secondary N) is 2. The van der Waals surface area contributed by atoms with E-state index in [1.54, 1.807) is 34.9 Å². The quantitative estimate of drug-likeness (QED) is 0.803. The van der Waals surface area contributed by atoms with E-state index in [0.29, 0.717) is 38.3 Å². The fourth-order valence-electron chi connectivity index (χ4n) is 2.67. The fraction of sp³-hybridized carbons (Fsp3) is 0.500. The van der Waals surface area contributed by atoms with E-state index in [1.165, 1.54) is 0 Å². The largest absolute Gasteiger partial charge is 0.376 e. The number of amides is 3. The monoisotopic (exact) mass is 346 g/mol. The first-order valence-corrected chi connectivity index (χ1v) is 8.66. The van der Waals surface area contributed by atoms with Crippen molar-refractivity contribution in [2.24, 2.45) is 0 Å². The predicted octanol–water partition coefficient (Wildman–Crippen LogP) is 0.929. The first-order chi connectivity index (χ1) is 12.0. The van der Waals surface area contributed by atoms with Crippen LogP contribution in [0.15, 0.2) is 24.3 Å². The molecule has 1 aliphatic rings. The van der Waals surface area contributed by atoms with Gasteiger partial charge in [0.15, 0.2) is 0 Å². The SMILES string of the molecule is CCCNC(=O)c1cccc(NCC(=O)N2CCN(C(C)=O)CC2)c1. The maximum atomic E-state index is 12.3. The van der Waals surface area contributed by atoms with Crippen LogP contribution >= 0.6 is 0 Å². The highest BCUT2D eigenvalue weighted by Gasteiger charge is 2.21. The highest BCUT2D eigenvalue weighted by molar-refractivity contribution is 5.95. The van der Waals surface area contributed by atoms with Gasteiger partial charge in [-0.2, -0.15) is 0 Å². The van der Waals surface area contributed by atoms with Crippen LogP contribution in [0.4, 0.5) is 5.69 Å². The Morgan fingerprint density at radius 1 is 1.08 bits per heavy atom. The summed E-state index contributed by atoms with van der Waals surface area (Å²) in [6, 6.07) is 7.11. The van der Waals surface area contributed by atoms with Gasteiger partial charge in [-0.15, -0.1) is 0 Å². The zero-order valence-corrected chi connectivity index (χ0v) is 14.9. The van der Waals surface area contributed by atoms with Crippen molar-refractivity contribution in [2.45, 2.75) is 20.3 Å². The van der Waals surface area contributed by atoms with Crippen LogP contribution in [0.25, 0.3) is 0 Å². The molecule has 0 unspecified atom stereocenters. The Morgan fingerprint density at radius 3 is 2.40 bits per heavy atom. The molecular formula is C18H26N4O3. The summed E-state index contributed by atoms with van der Waals surface area (Å²) >= 11 is 0. The normalized spacial score (nSPS) is 14.2. The molecule has 2 rings (SSSR count). The maximum Gasteiger partial charge on any atom is 0.251 e. The van der Waals surface area contributed by atoms with E-state index in [1.807, 2.05) is 13.0 Å². The van der Waals surface area contributed by atoms with E-state index in [2.05, 4.69) is 10.6 Å². The van der Waals surface area contributed by atoms with Crippen molar-refractivity contribution in [3.05, 3.63) is 29.8 Å². The molecule has 2 N–H and O–H groups in total. The van der Waals surface area contributed by atoms with Crippen LogP contribution in [-0.2, 0) is 9.59 Å². The number of hydrogen-bond donors (Lipinski definition) is 2. The Hall–Kier alpha value is -2.57. The minimum Gasteiger partial charge on any atom is -0.376 e. The molecular weight excluding hydrogens is 320 g/mol. The van der Waals surface area contributed by atoms with Crippen molar-refractivity contribution in [2.75, 3.05) is 44.6 Å². The molecule has 1 heterocycles. The molecule has 136 valence electrons. The summed E-state index contributed by atoms with van der Waals surface area (Å²) in [5.41, 5.74) is 1.31. The minimum atomic E-state index is -0.114. The Morgan fingerprint density at radius 2 is 1.76 bits per heavy atom. The van der Waals surface area contributed by atoms with E-state index in [0.717, 1.165) is 12.1 Å². The van der Waals surface area contributed by atoms with Crippen molar-refractivity contribution >= 4 is 23.4 Å². The molecule has 3 amide bonds. The molecule has 0 aromatic heterocycles. The molecule has 0 radical (unpaired) electrons. The van der Waals surface area contributed by atoms with E-state index < -0.39 is 0 Å². The summed E-state index contributed by atoms with van der Waals surface area (Å²) in [4.78, 5) is 39.1. The lowest BCUT2D eigenvalue weighted by Crippen LogP contribution is -2.51. The van der Waals surface area contributed by atoms with Gasteiger partial charge in [0.05, 0.1) is 6.54 Å². The van der Waals surface area contributed by atoms with E-state index in [9.17, 15) is 14.4 Å². The third-order valence-electron chi connectivity index (χ3n) is 4.18. The summed E-state index contributed by atoms with van der Waals surface area (Å²) in [5.74, 6) is -0.0791. The van der Waals surface area contributed by atoms with Gasteiger partial charge in [-0.25, -0.2) is 0 Å². The van der Waals surface area contributed by atoms with Crippen LogP contribution in [0.5, 0.6) is 0 Å². The van der Waals surface area contributed by atoms with Gasteiger partial charge in [0.2, 0.25) is 11.8 Å². The highest BCUT2D eigenvalue weighted by atomic mass is 16.2. The fourth-order valence-corrected chi connectivity index (χ4v) is 2.67. The minimum absolute atomic E-state index is 0.0101. The van der Waals surface area contributed by atoms with Crippen LogP contribution in [0, 0.1) is 0 Å². The first-order valence-electron chi connectivity index (χ1n) is 8.66. The molecule has 25 heavy (non-hydrogen) atoms. The van der Waals surface area contributed by atoms with Gasteiger partial charge in [0, 0.05) is 50.9 Å². The molecule has 7 heteroatoms. The molecule has 0 aliphatic carbocycles. The van der Waals surface area contributed by atoms with Crippen molar-refractivity contribution in [3.63, 3.8) is 0 Å². The van der Waals surface area contributed by atoms with Crippen LogP contribution in [0.2, 0.25) is 0 Å². The van der Waals surface area contributed by atoms with Gasteiger partial charge < -0.3 is 20.4 Å². The second kappa shape index (κ2) is 9.05. The van der Waals surface area contributed by atoms with Crippen LogP contribution in [0.1, 0.15) is 30.6 Å². The summed E-state index contributed by atoms with van der Waals surface area (Å²) < 4.78 is 0. The predicted molar refractivity (Wildman–Crippen MR) is 96.4 cm³/mol. The first kappa shape index (κ1) is 18.8. The summed E-state index contributed by atoms with van der Waals surface area (Å²) in [5, 5.41) is 5.91. The zero-order valence-electron chi connectivity index (χ0n) is 14.9. The molecule has 0 bridgehead atoms. The smallest absolute Gasteiger partial charge is 0.251 e. The number of benzene rings is 1. The lowest BCUT2D eigenvalue weighted by Gasteiger charge is -2.34. The van der Waals surface area contributed by atoms with Gasteiger partial charge in [-0.3, -0.25) is 14.4 Å². The van der Waals surface area contributed by atoms with Crippen LogP contribution in [0.3, 0.4) is 0 Å². The third-order valence-corrected chi connectivity index (χ3v) is 4.18. The molecule has 1 aromatic rings. The number of anilines is 1. The lowest BCUT2D eigenvalue weighted by atomic mass is 10.2. The highest BCUT2D eigenvalue weighted by Crippen LogP contribution is 2.11. The van der Waals surface area contributed by atoms with Crippen LogP contribution in [-0.4, -0.2) is 66.8 Å². The second-order valence-electron chi connectivity index (χ2n) is 6.08. The summed E-state index contributed by atoms with van der Waals surface area (Å²) in [6.45, 7) is 6.62. The van der Waals surface area contributed by atoms with E-state index in [4.69, 9.17) is 0 Å². The Balaban J connectivity index is 1.84. The number of carbonyl (C=O) groups excluding carboxylic acids is 3. The lowest BCUT2D eigenvalue weighted by molar-refractivity contribution is -0.137. The molecule has 7 nitrogen and oxygen atoms in total. The number of piperazine rings is 1. The maximum absolute atomic E-state index is 12.3. The molecule has 0 saturated carbocycles. The Kier molecular flexibility index (Phi) is 6.80. The van der Waals surface area contributed by atoms with Crippen molar-refractivity contribution < 1.29 is 14.4 Å². The molecule has 0 atom stereocenters. The van der Waals surface area contributed by atoms with Gasteiger partial charge in [-0.1, -0.05) is 13.0 Å². The summed E-state index contributed by atoms with van der Waals surface area (Å²) in [7, 11) is 0. The van der Waals surface area contributed by atoms with Crippen molar-refractivity contribution in [3.8, 4) is 0 Å². The van der Waals surface area contributed by atoms with Crippen LogP contribution < -0.4 is 10.6 Å². The zero-order chi connectivity index (χ0) is 18.2. The number of carbonyl (C=O) groups is 3. The summed E-state index contributed by atoms with van der Waals surface area (Å²) in [6.07, 6.45) is 0.884.